The lowest BCUT2D eigenvalue weighted by Crippen LogP contribution is -2.60. The second kappa shape index (κ2) is 10.4. The van der Waals surface area contributed by atoms with Gasteiger partial charge in [-0.2, -0.15) is 0 Å². The Balaban J connectivity index is 1.68. The molecule has 2 aromatic carbocycles. The number of carbonyl (C=O) groups is 1. The van der Waals surface area contributed by atoms with Crippen LogP contribution in [0.15, 0.2) is 54.6 Å². The van der Waals surface area contributed by atoms with Crippen LogP contribution in [0.5, 0.6) is 5.75 Å². The number of ether oxygens (including phenoxy) is 2. The summed E-state index contributed by atoms with van der Waals surface area (Å²) in [5.41, 5.74) is 0.902. The minimum absolute atomic E-state index is 0.133. The third-order valence-electron chi connectivity index (χ3n) is 5.58. The predicted molar refractivity (Wildman–Crippen MR) is 133 cm³/mol. The van der Waals surface area contributed by atoms with Gasteiger partial charge in [0, 0.05) is 38.6 Å². The Labute approximate surface area is 203 Å². The van der Waals surface area contributed by atoms with E-state index in [1.165, 1.54) is 0 Å². The number of nitrogens with zero attached hydrogens (tertiary/aromatic N) is 1. The van der Waals surface area contributed by atoms with E-state index in [9.17, 15) is 9.82 Å². The highest BCUT2D eigenvalue weighted by Crippen LogP contribution is 2.27. The summed E-state index contributed by atoms with van der Waals surface area (Å²) < 4.78 is 23.1. The maximum atomic E-state index is 12.3. The lowest BCUT2D eigenvalue weighted by atomic mass is 9.67. The molecular weight excluding hydrogens is 433 g/mol. The van der Waals surface area contributed by atoms with Crippen molar-refractivity contribution in [1.29, 1.82) is 0 Å². The van der Waals surface area contributed by atoms with Gasteiger partial charge in [0.25, 0.3) is 0 Å². The molecule has 0 bridgehead atoms. The van der Waals surface area contributed by atoms with E-state index in [-0.39, 0.29) is 17.6 Å². The summed E-state index contributed by atoms with van der Waals surface area (Å²) in [6.45, 7) is 8.41. The Bertz CT molecular complexity index is 932. The maximum Gasteiger partial charge on any atom is 0.410 e. The molecular formula is C26H37BNO6-. The second-order valence-corrected chi connectivity index (χ2v) is 10.7. The van der Waals surface area contributed by atoms with Crippen LogP contribution in [-0.2, 0) is 14.0 Å². The van der Waals surface area contributed by atoms with Gasteiger partial charge in [-0.3, -0.25) is 0 Å². The van der Waals surface area contributed by atoms with Crippen LogP contribution in [-0.4, -0.2) is 55.2 Å². The first kappa shape index (κ1) is 26.1. The van der Waals surface area contributed by atoms with Crippen LogP contribution < -0.4 is 10.2 Å². The zero-order valence-electron chi connectivity index (χ0n) is 21.1. The quantitative estimate of drug-likeness (QED) is 0.609. The average Bonchev–Trinajstić information content (AvgIpc) is 2.78. The lowest BCUT2D eigenvalue weighted by molar-refractivity contribution is -0.0170. The molecule has 0 spiro atoms. The van der Waals surface area contributed by atoms with E-state index in [2.05, 4.69) is 0 Å². The topological polar surface area (TPSA) is 77.5 Å². The van der Waals surface area contributed by atoms with Crippen molar-refractivity contribution < 1.29 is 28.6 Å². The van der Waals surface area contributed by atoms with Gasteiger partial charge in [-0.05, 0) is 38.5 Å². The number of benzene rings is 2. The van der Waals surface area contributed by atoms with Crippen molar-refractivity contribution in [2.75, 3.05) is 26.8 Å². The predicted octanol–water partition coefficient (Wildman–Crippen LogP) is 4.27. The van der Waals surface area contributed by atoms with Crippen LogP contribution in [0, 0.1) is 5.41 Å². The van der Waals surface area contributed by atoms with Crippen LogP contribution in [0.25, 0.3) is 0 Å². The average molecular weight is 470 g/mol. The second-order valence-electron chi connectivity index (χ2n) is 10.7. The van der Waals surface area contributed by atoms with E-state index in [4.69, 9.17) is 18.8 Å². The molecule has 1 amide bonds. The number of rotatable bonds is 7. The van der Waals surface area contributed by atoms with Gasteiger partial charge < -0.3 is 28.7 Å². The first-order valence-corrected chi connectivity index (χ1v) is 11.8. The van der Waals surface area contributed by atoms with Crippen LogP contribution in [0.3, 0.4) is 0 Å². The molecule has 7 nitrogen and oxygen atoms in total. The third-order valence-corrected chi connectivity index (χ3v) is 5.58. The first-order chi connectivity index (χ1) is 15.9. The van der Waals surface area contributed by atoms with Crippen LogP contribution in [0.1, 0.15) is 52.7 Å². The summed E-state index contributed by atoms with van der Waals surface area (Å²) in [6.07, 6.45) is -0.0558. The summed E-state index contributed by atoms with van der Waals surface area (Å²) in [6, 6.07) is 17.0. The molecule has 0 aromatic heterocycles. The van der Waals surface area contributed by atoms with Crippen molar-refractivity contribution >= 4 is 18.3 Å². The molecule has 3 rings (SSSR count). The molecule has 0 saturated carbocycles. The fourth-order valence-corrected chi connectivity index (χ4v) is 3.62. The Morgan fingerprint density at radius 3 is 2.24 bits per heavy atom. The van der Waals surface area contributed by atoms with E-state index < -0.39 is 12.4 Å². The molecule has 34 heavy (non-hydrogen) atoms. The van der Waals surface area contributed by atoms with Crippen LogP contribution >= 0.6 is 0 Å². The molecule has 0 aliphatic carbocycles. The molecule has 1 saturated heterocycles. The van der Waals surface area contributed by atoms with E-state index in [0.717, 1.165) is 5.56 Å². The maximum absolute atomic E-state index is 12.3. The van der Waals surface area contributed by atoms with Gasteiger partial charge in [-0.15, -0.1) is 5.46 Å². The summed E-state index contributed by atoms with van der Waals surface area (Å²) >= 11 is 0. The minimum Gasteiger partial charge on any atom is -0.555 e. The van der Waals surface area contributed by atoms with Crippen molar-refractivity contribution in [2.24, 2.45) is 5.41 Å². The molecule has 1 aliphatic heterocycles. The zero-order chi connectivity index (χ0) is 25.0. The Morgan fingerprint density at radius 1 is 1.09 bits per heavy atom. The summed E-state index contributed by atoms with van der Waals surface area (Å²) in [4.78, 5) is 13.9. The first-order valence-electron chi connectivity index (χ1n) is 11.8. The van der Waals surface area contributed by atoms with Gasteiger partial charge in [-0.1, -0.05) is 56.3 Å². The standard InChI is InChI=1S/C26H37BNO6/c1-25(2,3)34-24(29)28(6)17-16-23(20-10-8-7-9-11-20)33-22-14-12-21(13-15-22)27(30)31-18-26(4,5)19-32-27/h7-15,23,30H,16-19H2,1-6H3/q-1. The van der Waals surface area contributed by atoms with Gasteiger partial charge >= 0.3 is 12.8 Å². The highest BCUT2D eigenvalue weighted by atomic mass is 16.7. The highest BCUT2D eigenvalue weighted by Gasteiger charge is 2.36. The lowest BCUT2D eigenvalue weighted by Gasteiger charge is -2.47. The van der Waals surface area contributed by atoms with Gasteiger partial charge in [0.05, 0.1) is 0 Å². The molecule has 1 aliphatic rings. The van der Waals surface area contributed by atoms with Crippen molar-refractivity contribution in [1.82, 2.24) is 4.90 Å². The van der Waals surface area contributed by atoms with Gasteiger partial charge in [-0.25, -0.2) is 4.79 Å². The van der Waals surface area contributed by atoms with Crippen molar-refractivity contribution in [3.05, 3.63) is 60.2 Å². The summed E-state index contributed by atoms with van der Waals surface area (Å²) in [5.74, 6) is 0.646. The summed E-state index contributed by atoms with van der Waals surface area (Å²) in [7, 11) is 1.72. The molecule has 2 aromatic rings. The SMILES string of the molecule is CN(CCC(Oc1ccc([B-]2(O)OCC(C)(C)CO2)cc1)c1ccccc1)C(=O)OC(C)(C)C. The third kappa shape index (κ3) is 7.22. The molecule has 1 heterocycles. The number of hydrogen-bond acceptors (Lipinski definition) is 6. The number of hydrogen-bond donors (Lipinski definition) is 1. The molecule has 186 valence electrons. The molecule has 1 atom stereocenters. The molecule has 1 N–H and O–H groups in total. The molecule has 0 radical (unpaired) electrons. The van der Waals surface area contributed by atoms with Gasteiger partial charge in [0.2, 0.25) is 0 Å². The normalized spacial score (nSPS) is 18.1. The Morgan fingerprint density at radius 2 is 1.68 bits per heavy atom. The van der Waals surface area contributed by atoms with E-state index in [1.807, 2.05) is 65.0 Å². The number of carbonyl (C=O) groups excluding carboxylic acids is 1. The van der Waals surface area contributed by atoms with Crippen molar-refractivity contribution in [3.8, 4) is 5.75 Å². The monoisotopic (exact) mass is 470 g/mol. The zero-order valence-corrected chi connectivity index (χ0v) is 21.1. The van der Waals surface area contributed by atoms with Crippen molar-refractivity contribution in [3.63, 3.8) is 0 Å². The van der Waals surface area contributed by atoms with Gasteiger partial charge in [0.15, 0.2) is 0 Å². The number of amides is 1. The van der Waals surface area contributed by atoms with Crippen LogP contribution in [0.4, 0.5) is 4.79 Å². The smallest absolute Gasteiger partial charge is 0.410 e. The van der Waals surface area contributed by atoms with E-state index >= 15 is 0 Å². The minimum atomic E-state index is -2.50. The van der Waals surface area contributed by atoms with E-state index in [1.54, 1.807) is 36.2 Å². The van der Waals surface area contributed by atoms with Gasteiger partial charge in [0.1, 0.15) is 17.5 Å². The fraction of sp³-hybridized carbons (Fsp3) is 0.500. The Kier molecular flexibility index (Phi) is 7.96. The highest BCUT2D eigenvalue weighted by molar-refractivity contribution is 6.74. The molecule has 1 fully saturated rings. The molecule has 8 heteroatoms. The van der Waals surface area contributed by atoms with E-state index in [0.29, 0.717) is 37.4 Å². The Hall–Kier alpha value is -2.55. The van der Waals surface area contributed by atoms with Crippen molar-refractivity contribution in [2.45, 2.75) is 52.7 Å². The largest absolute Gasteiger partial charge is 0.555 e. The fourth-order valence-electron chi connectivity index (χ4n) is 3.62. The summed E-state index contributed by atoms with van der Waals surface area (Å²) in [5, 5.41) is 10.8. The van der Waals surface area contributed by atoms with Crippen LogP contribution in [0.2, 0.25) is 0 Å². The molecule has 1 unspecified atom stereocenters.